The summed E-state index contributed by atoms with van der Waals surface area (Å²) < 4.78 is 0. The molecule has 3 nitrogen and oxygen atoms in total. The Balaban J connectivity index is 1.44. The molecule has 0 radical (unpaired) electrons. The van der Waals surface area contributed by atoms with Crippen LogP contribution in [0.1, 0.15) is 29.5 Å². The van der Waals surface area contributed by atoms with Crippen molar-refractivity contribution in [2.45, 2.75) is 38.9 Å². The van der Waals surface area contributed by atoms with E-state index in [2.05, 4.69) is 34.2 Å². The van der Waals surface area contributed by atoms with E-state index < -0.39 is 0 Å². The van der Waals surface area contributed by atoms with E-state index >= 15 is 0 Å². The van der Waals surface area contributed by atoms with Gasteiger partial charge in [-0.2, -0.15) is 0 Å². The Bertz CT molecular complexity index is 392. The fourth-order valence-electron chi connectivity index (χ4n) is 2.80. The molecule has 0 amide bonds. The molecule has 0 unspecified atom stereocenters. The fraction of sp³-hybridized carbons (Fsp3) is 0.733. The van der Waals surface area contributed by atoms with E-state index in [9.17, 15) is 0 Å². The normalized spacial score (nSPS) is 21.9. The maximum Gasteiger partial charge on any atom is 0.0329 e. The van der Waals surface area contributed by atoms with Gasteiger partial charge in [-0.15, -0.1) is 11.3 Å². The Morgan fingerprint density at radius 2 is 1.89 bits per heavy atom. The van der Waals surface area contributed by atoms with Crippen LogP contribution in [0.3, 0.4) is 0 Å². The summed E-state index contributed by atoms with van der Waals surface area (Å²) in [5, 5.41) is 3.40. The molecule has 1 aromatic rings. The van der Waals surface area contributed by atoms with Crippen molar-refractivity contribution in [3.8, 4) is 0 Å². The van der Waals surface area contributed by atoms with Crippen molar-refractivity contribution in [3.63, 3.8) is 0 Å². The highest BCUT2D eigenvalue weighted by Crippen LogP contribution is 2.28. The molecule has 2 heterocycles. The van der Waals surface area contributed by atoms with Gasteiger partial charge in [0.25, 0.3) is 0 Å². The first-order valence-electron chi connectivity index (χ1n) is 7.60. The summed E-state index contributed by atoms with van der Waals surface area (Å²) >= 11 is 1.97. The van der Waals surface area contributed by atoms with Gasteiger partial charge in [0.05, 0.1) is 0 Å². The van der Waals surface area contributed by atoms with Crippen LogP contribution in [0.15, 0.2) is 12.1 Å². The van der Waals surface area contributed by atoms with Crippen molar-refractivity contribution in [1.82, 2.24) is 15.1 Å². The molecule has 19 heavy (non-hydrogen) atoms. The molecule has 2 aliphatic rings. The highest BCUT2D eigenvalue weighted by Gasteiger charge is 2.31. The Morgan fingerprint density at radius 1 is 1.16 bits per heavy atom. The van der Waals surface area contributed by atoms with Crippen molar-refractivity contribution in [1.29, 1.82) is 0 Å². The van der Waals surface area contributed by atoms with Gasteiger partial charge in [0, 0.05) is 55.1 Å². The third-order valence-electron chi connectivity index (χ3n) is 4.12. The van der Waals surface area contributed by atoms with E-state index in [-0.39, 0.29) is 0 Å². The topological polar surface area (TPSA) is 18.5 Å². The van der Waals surface area contributed by atoms with E-state index in [0.717, 1.165) is 25.7 Å². The van der Waals surface area contributed by atoms with Crippen LogP contribution in [0.2, 0.25) is 0 Å². The molecule has 1 N–H and O–H groups in total. The molecular formula is C15H25N3S. The van der Waals surface area contributed by atoms with Crippen molar-refractivity contribution in [2.24, 2.45) is 0 Å². The van der Waals surface area contributed by atoms with E-state index in [1.54, 1.807) is 0 Å². The van der Waals surface area contributed by atoms with E-state index in [0.29, 0.717) is 0 Å². The van der Waals surface area contributed by atoms with Crippen LogP contribution in [0.25, 0.3) is 0 Å². The standard InChI is InChI=1S/C15H25N3S/c1-2-16-11-14-5-6-15(19-14)12-17-7-9-18(10-8-17)13-3-4-13/h5-6,13,16H,2-4,7-12H2,1H3. The molecule has 0 bridgehead atoms. The van der Waals surface area contributed by atoms with Crippen molar-refractivity contribution in [3.05, 3.63) is 21.9 Å². The van der Waals surface area contributed by atoms with Crippen LogP contribution in [0.4, 0.5) is 0 Å². The summed E-state index contributed by atoms with van der Waals surface area (Å²) in [6, 6.07) is 5.53. The van der Waals surface area contributed by atoms with Gasteiger partial charge in [-0.3, -0.25) is 9.80 Å². The quantitative estimate of drug-likeness (QED) is 0.861. The monoisotopic (exact) mass is 279 g/mol. The minimum absolute atomic E-state index is 0.940. The van der Waals surface area contributed by atoms with Crippen LogP contribution in [-0.4, -0.2) is 48.6 Å². The second kappa shape index (κ2) is 6.35. The smallest absolute Gasteiger partial charge is 0.0329 e. The number of hydrogen-bond donors (Lipinski definition) is 1. The highest BCUT2D eigenvalue weighted by molar-refractivity contribution is 7.11. The molecule has 3 rings (SSSR count). The largest absolute Gasteiger partial charge is 0.312 e. The molecule has 1 aliphatic carbocycles. The van der Waals surface area contributed by atoms with Crippen molar-refractivity contribution < 1.29 is 0 Å². The minimum Gasteiger partial charge on any atom is -0.312 e. The third kappa shape index (κ3) is 3.78. The Morgan fingerprint density at radius 3 is 2.58 bits per heavy atom. The van der Waals surface area contributed by atoms with Gasteiger partial charge in [0.15, 0.2) is 0 Å². The van der Waals surface area contributed by atoms with Crippen LogP contribution in [0.5, 0.6) is 0 Å². The van der Waals surface area contributed by atoms with Gasteiger partial charge in [-0.1, -0.05) is 6.92 Å². The van der Waals surface area contributed by atoms with Gasteiger partial charge < -0.3 is 5.32 Å². The van der Waals surface area contributed by atoms with Gasteiger partial charge in [0.2, 0.25) is 0 Å². The van der Waals surface area contributed by atoms with Gasteiger partial charge in [-0.25, -0.2) is 0 Å². The molecule has 2 fully saturated rings. The van der Waals surface area contributed by atoms with Crippen LogP contribution in [0, 0.1) is 0 Å². The molecular weight excluding hydrogens is 254 g/mol. The Kier molecular flexibility index (Phi) is 4.53. The zero-order valence-electron chi connectivity index (χ0n) is 11.9. The molecule has 106 valence electrons. The van der Waals surface area contributed by atoms with Crippen molar-refractivity contribution in [2.75, 3.05) is 32.7 Å². The molecule has 1 aliphatic heterocycles. The SMILES string of the molecule is CCNCc1ccc(CN2CCN(C3CC3)CC2)s1. The van der Waals surface area contributed by atoms with E-state index in [1.165, 1.54) is 48.8 Å². The maximum atomic E-state index is 3.40. The lowest BCUT2D eigenvalue weighted by molar-refractivity contribution is 0.122. The summed E-state index contributed by atoms with van der Waals surface area (Å²) in [5.74, 6) is 0. The first-order chi connectivity index (χ1) is 9.35. The van der Waals surface area contributed by atoms with E-state index in [1.807, 2.05) is 11.3 Å². The number of nitrogens with zero attached hydrogens (tertiary/aromatic N) is 2. The first-order valence-corrected chi connectivity index (χ1v) is 8.41. The van der Waals surface area contributed by atoms with Crippen molar-refractivity contribution >= 4 is 11.3 Å². The average molecular weight is 279 g/mol. The molecule has 0 spiro atoms. The third-order valence-corrected chi connectivity index (χ3v) is 5.19. The number of nitrogens with one attached hydrogen (secondary N) is 1. The van der Waals surface area contributed by atoms with E-state index in [4.69, 9.17) is 0 Å². The predicted molar refractivity (Wildman–Crippen MR) is 81.6 cm³/mol. The molecule has 1 aromatic heterocycles. The number of thiophene rings is 1. The lowest BCUT2D eigenvalue weighted by atomic mass is 10.3. The summed E-state index contributed by atoms with van der Waals surface area (Å²) in [6.45, 7) is 10.4. The van der Waals surface area contributed by atoms with Crippen LogP contribution >= 0.6 is 11.3 Å². The second-order valence-electron chi connectivity index (χ2n) is 5.69. The van der Waals surface area contributed by atoms with Gasteiger partial charge in [0.1, 0.15) is 0 Å². The molecule has 4 heteroatoms. The van der Waals surface area contributed by atoms with Gasteiger partial charge in [-0.05, 0) is 31.5 Å². The maximum absolute atomic E-state index is 3.40. The average Bonchev–Trinajstić information content (AvgIpc) is 3.19. The summed E-state index contributed by atoms with van der Waals surface area (Å²) in [6.07, 6.45) is 2.89. The molecule has 0 aromatic carbocycles. The zero-order chi connectivity index (χ0) is 13.1. The van der Waals surface area contributed by atoms with Gasteiger partial charge >= 0.3 is 0 Å². The Labute approximate surface area is 120 Å². The summed E-state index contributed by atoms with van der Waals surface area (Å²) in [5.41, 5.74) is 0. The fourth-order valence-corrected chi connectivity index (χ4v) is 3.83. The Hall–Kier alpha value is -0.420. The number of hydrogen-bond acceptors (Lipinski definition) is 4. The molecule has 0 atom stereocenters. The highest BCUT2D eigenvalue weighted by atomic mass is 32.1. The lowest BCUT2D eigenvalue weighted by Crippen LogP contribution is -2.46. The first kappa shape index (κ1) is 13.6. The molecule has 1 saturated carbocycles. The summed E-state index contributed by atoms with van der Waals surface area (Å²) in [4.78, 5) is 8.28. The second-order valence-corrected chi connectivity index (χ2v) is 6.94. The zero-order valence-corrected chi connectivity index (χ0v) is 12.7. The molecule has 1 saturated heterocycles. The minimum atomic E-state index is 0.940. The number of piperazine rings is 1. The number of rotatable bonds is 6. The van der Waals surface area contributed by atoms with Crippen LogP contribution in [-0.2, 0) is 13.1 Å². The predicted octanol–water partition coefficient (Wildman–Crippen LogP) is 2.14. The van der Waals surface area contributed by atoms with Crippen LogP contribution < -0.4 is 5.32 Å². The summed E-state index contributed by atoms with van der Waals surface area (Å²) in [7, 11) is 0. The lowest BCUT2D eigenvalue weighted by Gasteiger charge is -2.34.